The van der Waals surface area contributed by atoms with Crippen molar-refractivity contribution in [1.82, 2.24) is 9.55 Å². The first-order valence-electron chi connectivity index (χ1n) is 7.07. The molecule has 1 aromatic carbocycles. The molecule has 3 rings (SSSR count). The molecule has 0 bridgehead atoms. The fourth-order valence-corrected chi connectivity index (χ4v) is 3.98. The van der Waals surface area contributed by atoms with E-state index in [9.17, 15) is 8.42 Å². The van der Waals surface area contributed by atoms with Crippen molar-refractivity contribution in [3.63, 3.8) is 0 Å². The lowest BCUT2D eigenvalue weighted by molar-refractivity contribution is 0.595. The first-order chi connectivity index (χ1) is 10.6. The number of hydrogen-bond donors (Lipinski definition) is 1. The Morgan fingerprint density at radius 2 is 1.91 bits per heavy atom. The predicted octanol–water partition coefficient (Wildman–Crippen LogP) is 2.22. The Morgan fingerprint density at radius 3 is 2.64 bits per heavy atom. The smallest absolute Gasteiger partial charge is 0.208 e. The summed E-state index contributed by atoms with van der Waals surface area (Å²) >= 11 is 0. The Hall–Kier alpha value is -2.18. The Kier molecular flexibility index (Phi) is 3.96. The van der Waals surface area contributed by atoms with Gasteiger partial charge in [0.25, 0.3) is 0 Å². The summed E-state index contributed by atoms with van der Waals surface area (Å²) in [5.74, 6) is 0. The molecule has 0 radical (unpaired) electrons. The molecule has 2 aromatic heterocycles. The van der Waals surface area contributed by atoms with Crippen molar-refractivity contribution < 1.29 is 8.42 Å². The van der Waals surface area contributed by atoms with Crippen LogP contribution in [0.2, 0.25) is 0 Å². The van der Waals surface area contributed by atoms with Crippen LogP contribution in [0.5, 0.6) is 0 Å². The summed E-state index contributed by atoms with van der Waals surface area (Å²) < 4.78 is 27.7. The lowest BCUT2D eigenvalue weighted by atomic mass is 10.3. The van der Waals surface area contributed by atoms with Crippen molar-refractivity contribution >= 4 is 20.7 Å². The van der Waals surface area contributed by atoms with Crippen LogP contribution in [-0.4, -0.2) is 24.5 Å². The van der Waals surface area contributed by atoms with E-state index in [0.29, 0.717) is 23.4 Å². The molecule has 5 nitrogen and oxygen atoms in total. The summed E-state index contributed by atoms with van der Waals surface area (Å²) in [6.07, 6.45) is 5.74. The van der Waals surface area contributed by atoms with Gasteiger partial charge < -0.3 is 10.3 Å². The second-order valence-corrected chi connectivity index (χ2v) is 6.96. The largest absolute Gasteiger partial charge is 0.346 e. The molecular weight excluding hydrogens is 298 g/mol. The fourth-order valence-electron chi connectivity index (χ4n) is 2.50. The highest BCUT2D eigenvalue weighted by Crippen LogP contribution is 2.29. The molecule has 0 spiro atoms. The number of benzene rings is 1. The standard InChI is InChI=1S/C16H17N3O2S/c17-8-4-10-19-12-16(14-11-18-9-7-15(14)19)22(20,21)13-5-2-1-3-6-13/h1-3,5-7,9,11-12H,4,8,10,17H2. The maximum Gasteiger partial charge on any atom is 0.208 e. The zero-order valence-electron chi connectivity index (χ0n) is 12.0. The van der Waals surface area contributed by atoms with Gasteiger partial charge in [0.05, 0.1) is 15.3 Å². The Labute approximate surface area is 129 Å². The average molecular weight is 315 g/mol. The number of aromatic nitrogens is 2. The Morgan fingerprint density at radius 1 is 1.14 bits per heavy atom. The van der Waals surface area contributed by atoms with E-state index in [1.807, 2.05) is 10.6 Å². The van der Waals surface area contributed by atoms with Crippen molar-refractivity contribution in [2.45, 2.75) is 22.8 Å². The molecule has 6 heteroatoms. The molecule has 0 saturated carbocycles. The molecule has 2 N–H and O–H groups in total. The highest BCUT2D eigenvalue weighted by Gasteiger charge is 2.23. The van der Waals surface area contributed by atoms with Gasteiger partial charge in [-0.3, -0.25) is 4.98 Å². The van der Waals surface area contributed by atoms with Gasteiger partial charge in [-0.25, -0.2) is 8.42 Å². The summed E-state index contributed by atoms with van der Waals surface area (Å²) in [4.78, 5) is 4.65. The van der Waals surface area contributed by atoms with Gasteiger partial charge >= 0.3 is 0 Å². The summed E-state index contributed by atoms with van der Waals surface area (Å²) in [5.41, 5.74) is 6.42. The molecule has 114 valence electrons. The topological polar surface area (TPSA) is 78.0 Å². The van der Waals surface area contributed by atoms with Crippen LogP contribution in [0.3, 0.4) is 0 Å². The molecule has 0 fully saturated rings. The highest BCUT2D eigenvalue weighted by atomic mass is 32.2. The molecule has 0 aliphatic carbocycles. The molecule has 0 unspecified atom stereocenters. The number of nitrogens with two attached hydrogens (primary N) is 1. The third-order valence-electron chi connectivity index (χ3n) is 3.59. The highest BCUT2D eigenvalue weighted by molar-refractivity contribution is 7.91. The van der Waals surface area contributed by atoms with Crippen molar-refractivity contribution in [3.05, 3.63) is 55.0 Å². The molecule has 3 aromatic rings. The van der Waals surface area contributed by atoms with Gasteiger partial charge in [0.1, 0.15) is 0 Å². The summed E-state index contributed by atoms with van der Waals surface area (Å²) in [6, 6.07) is 10.3. The van der Waals surface area contributed by atoms with Crippen LogP contribution >= 0.6 is 0 Å². The van der Waals surface area contributed by atoms with Gasteiger partial charge in [-0.1, -0.05) is 18.2 Å². The SMILES string of the molecule is NCCCn1cc(S(=O)(=O)c2ccccc2)c2cnccc21. The van der Waals surface area contributed by atoms with Gasteiger partial charge in [-0.15, -0.1) is 0 Å². The quantitative estimate of drug-likeness (QED) is 0.783. The maximum atomic E-state index is 12.9. The number of hydrogen-bond acceptors (Lipinski definition) is 4. The zero-order valence-corrected chi connectivity index (χ0v) is 12.8. The minimum atomic E-state index is -3.56. The van der Waals surface area contributed by atoms with Gasteiger partial charge in [0.15, 0.2) is 0 Å². The number of rotatable bonds is 5. The van der Waals surface area contributed by atoms with Crippen LogP contribution < -0.4 is 5.73 Å². The van der Waals surface area contributed by atoms with E-state index >= 15 is 0 Å². The van der Waals surface area contributed by atoms with E-state index in [0.717, 1.165) is 11.9 Å². The molecule has 22 heavy (non-hydrogen) atoms. The van der Waals surface area contributed by atoms with Crippen molar-refractivity contribution in [2.24, 2.45) is 5.73 Å². The zero-order chi connectivity index (χ0) is 15.6. The molecule has 0 aliphatic heterocycles. The summed E-state index contributed by atoms with van der Waals surface area (Å²) in [5, 5.41) is 0.642. The first-order valence-corrected chi connectivity index (χ1v) is 8.56. The van der Waals surface area contributed by atoms with E-state index in [2.05, 4.69) is 4.98 Å². The lowest BCUT2D eigenvalue weighted by Crippen LogP contribution is -2.05. The van der Waals surface area contributed by atoms with Crippen molar-refractivity contribution in [3.8, 4) is 0 Å². The molecule has 2 heterocycles. The Balaban J connectivity index is 2.19. The second-order valence-electron chi connectivity index (χ2n) is 5.04. The number of aryl methyl sites for hydroxylation is 1. The minimum absolute atomic E-state index is 0.289. The summed E-state index contributed by atoms with van der Waals surface area (Å²) in [6.45, 7) is 1.24. The molecular formula is C16H17N3O2S. The average Bonchev–Trinajstić information content (AvgIpc) is 2.93. The van der Waals surface area contributed by atoms with Gasteiger partial charge in [-0.2, -0.15) is 0 Å². The number of fused-ring (bicyclic) bond motifs is 1. The van der Waals surface area contributed by atoms with Gasteiger partial charge in [0.2, 0.25) is 9.84 Å². The van der Waals surface area contributed by atoms with Crippen molar-refractivity contribution in [1.29, 1.82) is 0 Å². The molecule has 0 atom stereocenters. The lowest BCUT2D eigenvalue weighted by Gasteiger charge is -2.03. The number of nitrogens with zero attached hydrogens (tertiary/aromatic N) is 2. The van der Waals surface area contributed by atoms with Crippen LogP contribution in [0.1, 0.15) is 6.42 Å². The maximum absolute atomic E-state index is 12.9. The number of pyridine rings is 1. The van der Waals surface area contributed by atoms with E-state index in [4.69, 9.17) is 5.73 Å². The molecule has 0 saturated heterocycles. The van der Waals surface area contributed by atoms with Gasteiger partial charge in [-0.05, 0) is 31.2 Å². The van der Waals surface area contributed by atoms with Crippen LogP contribution in [0.15, 0.2) is 64.8 Å². The number of sulfone groups is 1. The molecule has 0 amide bonds. The third kappa shape index (κ3) is 2.51. The van der Waals surface area contributed by atoms with Crippen LogP contribution in [0.25, 0.3) is 10.9 Å². The Bertz CT molecular complexity index is 886. The minimum Gasteiger partial charge on any atom is -0.346 e. The monoisotopic (exact) mass is 315 g/mol. The normalized spacial score (nSPS) is 11.9. The van der Waals surface area contributed by atoms with Crippen LogP contribution in [0.4, 0.5) is 0 Å². The van der Waals surface area contributed by atoms with Crippen molar-refractivity contribution in [2.75, 3.05) is 6.54 Å². The van der Waals surface area contributed by atoms with Crippen LogP contribution in [0, 0.1) is 0 Å². The van der Waals surface area contributed by atoms with Crippen LogP contribution in [-0.2, 0) is 16.4 Å². The predicted molar refractivity (Wildman–Crippen MR) is 85.3 cm³/mol. The van der Waals surface area contributed by atoms with E-state index < -0.39 is 9.84 Å². The van der Waals surface area contributed by atoms with E-state index in [-0.39, 0.29) is 4.90 Å². The van der Waals surface area contributed by atoms with Gasteiger partial charge in [0, 0.05) is 30.5 Å². The third-order valence-corrected chi connectivity index (χ3v) is 5.39. The fraction of sp³-hybridized carbons (Fsp3) is 0.188. The summed E-state index contributed by atoms with van der Waals surface area (Å²) in [7, 11) is -3.56. The first kappa shape index (κ1) is 14.7. The molecule has 0 aliphatic rings. The van der Waals surface area contributed by atoms with E-state index in [1.54, 1.807) is 48.9 Å². The van der Waals surface area contributed by atoms with E-state index in [1.165, 1.54) is 0 Å². The second kappa shape index (κ2) is 5.90.